The van der Waals surface area contributed by atoms with Gasteiger partial charge in [0, 0.05) is 29.9 Å². The van der Waals surface area contributed by atoms with E-state index in [0.29, 0.717) is 12.1 Å². The van der Waals surface area contributed by atoms with Gasteiger partial charge in [0.05, 0.1) is 6.10 Å². The lowest BCUT2D eigenvalue weighted by Crippen LogP contribution is -2.42. The van der Waals surface area contributed by atoms with E-state index in [0.717, 1.165) is 30.6 Å². The third-order valence-corrected chi connectivity index (χ3v) is 3.98. The molecule has 3 unspecified atom stereocenters. The molecule has 1 aromatic carbocycles. The molecule has 0 radical (unpaired) electrons. The SMILES string of the molecule is CC(O)c1ccccc1NC1CCN(C)C(C)C1. The second kappa shape index (κ2) is 5.72. The maximum Gasteiger partial charge on any atom is 0.0781 e. The first-order valence-corrected chi connectivity index (χ1v) is 6.81. The Morgan fingerprint density at radius 3 is 2.78 bits per heavy atom. The highest BCUT2D eigenvalue weighted by atomic mass is 16.3. The van der Waals surface area contributed by atoms with Crippen LogP contribution in [0.5, 0.6) is 0 Å². The van der Waals surface area contributed by atoms with E-state index in [1.807, 2.05) is 25.1 Å². The topological polar surface area (TPSA) is 35.5 Å². The zero-order valence-electron chi connectivity index (χ0n) is 11.6. The van der Waals surface area contributed by atoms with Gasteiger partial charge in [-0.3, -0.25) is 0 Å². The van der Waals surface area contributed by atoms with Crippen molar-refractivity contribution in [3.05, 3.63) is 29.8 Å². The number of hydrogen-bond acceptors (Lipinski definition) is 3. The predicted octanol–water partition coefficient (Wildman–Crippen LogP) is 2.63. The lowest BCUT2D eigenvalue weighted by molar-refractivity contribution is 0.188. The fourth-order valence-electron chi connectivity index (χ4n) is 2.63. The third-order valence-electron chi connectivity index (χ3n) is 3.98. The first-order chi connectivity index (χ1) is 8.58. The molecule has 3 atom stereocenters. The molecule has 3 heteroatoms. The fourth-order valence-corrected chi connectivity index (χ4v) is 2.63. The largest absolute Gasteiger partial charge is 0.389 e. The van der Waals surface area contributed by atoms with Gasteiger partial charge < -0.3 is 15.3 Å². The first-order valence-electron chi connectivity index (χ1n) is 6.81. The van der Waals surface area contributed by atoms with Crippen LogP contribution in [-0.4, -0.2) is 35.7 Å². The van der Waals surface area contributed by atoms with Crippen LogP contribution in [0, 0.1) is 0 Å². The number of nitrogens with zero attached hydrogens (tertiary/aromatic N) is 1. The van der Waals surface area contributed by atoms with Crippen molar-refractivity contribution in [2.45, 2.75) is 44.9 Å². The van der Waals surface area contributed by atoms with Gasteiger partial charge in [-0.2, -0.15) is 0 Å². The Bertz CT molecular complexity index is 392. The van der Waals surface area contributed by atoms with Crippen LogP contribution in [0.2, 0.25) is 0 Å². The Labute approximate surface area is 110 Å². The van der Waals surface area contributed by atoms with Crippen LogP contribution in [0.4, 0.5) is 5.69 Å². The predicted molar refractivity (Wildman–Crippen MR) is 75.8 cm³/mol. The Morgan fingerprint density at radius 1 is 1.39 bits per heavy atom. The molecule has 1 aromatic rings. The maximum absolute atomic E-state index is 9.78. The van der Waals surface area contributed by atoms with Gasteiger partial charge in [0.2, 0.25) is 0 Å². The summed E-state index contributed by atoms with van der Waals surface area (Å²) in [6.07, 6.45) is 1.90. The van der Waals surface area contributed by atoms with Crippen molar-refractivity contribution in [2.75, 3.05) is 18.9 Å². The van der Waals surface area contributed by atoms with Crippen LogP contribution in [0.1, 0.15) is 38.4 Å². The number of aliphatic hydroxyl groups is 1. The maximum atomic E-state index is 9.78. The van der Waals surface area contributed by atoms with Crippen molar-refractivity contribution in [1.82, 2.24) is 4.90 Å². The van der Waals surface area contributed by atoms with Crippen LogP contribution in [0.25, 0.3) is 0 Å². The second-order valence-corrected chi connectivity index (χ2v) is 5.46. The van der Waals surface area contributed by atoms with Gasteiger partial charge in [0.25, 0.3) is 0 Å². The lowest BCUT2D eigenvalue weighted by atomic mass is 9.98. The monoisotopic (exact) mass is 248 g/mol. The van der Waals surface area contributed by atoms with E-state index in [2.05, 4.69) is 30.3 Å². The second-order valence-electron chi connectivity index (χ2n) is 5.46. The van der Waals surface area contributed by atoms with Crippen molar-refractivity contribution < 1.29 is 5.11 Å². The standard InChI is InChI=1S/C15H24N2O/c1-11-10-13(8-9-17(11)3)16-15-7-5-4-6-14(15)12(2)18/h4-7,11-13,16,18H,8-10H2,1-3H3. The summed E-state index contributed by atoms with van der Waals surface area (Å²) in [6.45, 7) is 5.22. The number of rotatable bonds is 3. The van der Waals surface area contributed by atoms with Crippen molar-refractivity contribution in [1.29, 1.82) is 0 Å². The number of nitrogens with one attached hydrogen (secondary N) is 1. The van der Waals surface area contributed by atoms with Gasteiger partial charge in [-0.1, -0.05) is 18.2 Å². The third kappa shape index (κ3) is 3.03. The van der Waals surface area contributed by atoms with E-state index in [9.17, 15) is 5.11 Å². The average molecular weight is 248 g/mol. The van der Waals surface area contributed by atoms with Crippen molar-refractivity contribution in [3.8, 4) is 0 Å². The van der Waals surface area contributed by atoms with Crippen molar-refractivity contribution in [2.24, 2.45) is 0 Å². The van der Waals surface area contributed by atoms with Gasteiger partial charge in [-0.25, -0.2) is 0 Å². The van der Waals surface area contributed by atoms with E-state index in [4.69, 9.17) is 0 Å². The Hall–Kier alpha value is -1.06. The molecule has 1 fully saturated rings. The minimum absolute atomic E-state index is 0.419. The average Bonchev–Trinajstić information content (AvgIpc) is 2.34. The van der Waals surface area contributed by atoms with Gasteiger partial charge >= 0.3 is 0 Å². The fraction of sp³-hybridized carbons (Fsp3) is 0.600. The minimum atomic E-state index is -0.419. The summed E-state index contributed by atoms with van der Waals surface area (Å²) < 4.78 is 0. The Morgan fingerprint density at radius 2 is 2.11 bits per heavy atom. The molecule has 2 N–H and O–H groups in total. The molecule has 2 rings (SSSR count). The quantitative estimate of drug-likeness (QED) is 0.863. The molecule has 1 heterocycles. The summed E-state index contributed by atoms with van der Waals surface area (Å²) in [5, 5.41) is 13.4. The van der Waals surface area contributed by atoms with E-state index >= 15 is 0 Å². The van der Waals surface area contributed by atoms with E-state index < -0.39 is 6.10 Å². The summed E-state index contributed by atoms with van der Waals surface area (Å²) in [4.78, 5) is 2.40. The van der Waals surface area contributed by atoms with E-state index in [1.165, 1.54) is 0 Å². The Balaban J connectivity index is 2.06. The van der Waals surface area contributed by atoms with Crippen LogP contribution in [0.3, 0.4) is 0 Å². The molecule has 0 spiro atoms. The lowest BCUT2D eigenvalue weighted by Gasteiger charge is -2.36. The molecule has 1 saturated heterocycles. The number of anilines is 1. The zero-order valence-corrected chi connectivity index (χ0v) is 11.6. The van der Waals surface area contributed by atoms with Crippen molar-refractivity contribution >= 4 is 5.69 Å². The molecule has 1 aliphatic rings. The zero-order chi connectivity index (χ0) is 13.1. The summed E-state index contributed by atoms with van der Waals surface area (Å²) >= 11 is 0. The molecular weight excluding hydrogens is 224 g/mol. The van der Waals surface area contributed by atoms with Crippen LogP contribution in [0.15, 0.2) is 24.3 Å². The van der Waals surface area contributed by atoms with Crippen LogP contribution in [-0.2, 0) is 0 Å². The molecule has 18 heavy (non-hydrogen) atoms. The smallest absolute Gasteiger partial charge is 0.0781 e. The highest BCUT2D eigenvalue weighted by Crippen LogP contribution is 2.26. The van der Waals surface area contributed by atoms with Gasteiger partial charge in [-0.15, -0.1) is 0 Å². The van der Waals surface area contributed by atoms with Crippen LogP contribution >= 0.6 is 0 Å². The molecule has 0 saturated carbocycles. The van der Waals surface area contributed by atoms with Gasteiger partial charge in [0.1, 0.15) is 0 Å². The highest BCUT2D eigenvalue weighted by molar-refractivity contribution is 5.52. The summed E-state index contributed by atoms with van der Waals surface area (Å²) in [6, 6.07) is 9.18. The number of piperidine rings is 1. The van der Waals surface area contributed by atoms with Crippen molar-refractivity contribution in [3.63, 3.8) is 0 Å². The molecule has 0 aromatic heterocycles. The number of benzene rings is 1. The van der Waals surface area contributed by atoms with Crippen LogP contribution < -0.4 is 5.32 Å². The van der Waals surface area contributed by atoms with E-state index in [1.54, 1.807) is 0 Å². The molecule has 0 amide bonds. The number of hydrogen-bond donors (Lipinski definition) is 2. The molecule has 1 aliphatic heterocycles. The van der Waals surface area contributed by atoms with Gasteiger partial charge in [0.15, 0.2) is 0 Å². The summed E-state index contributed by atoms with van der Waals surface area (Å²) in [7, 11) is 2.19. The number of para-hydroxylation sites is 1. The summed E-state index contributed by atoms with van der Waals surface area (Å²) in [5.41, 5.74) is 2.07. The minimum Gasteiger partial charge on any atom is -0.389 e. The Kier molecular flexibility index (Phi) is 4.25. The molecule has 0 bridgehead atoms. The molecule has 100 valence electrons. The molecular formula is C15H24N2O. The summed E-state index contributed by atoms with van der Waals surface area (Å²) in [5.74, 6) is 0. The number of aliphatic hydroxyl groups excluding tert-OH is 1. The first kappa shape index (κ1) is 13.4. The highest BCUT2D eigenvalue weighted by Gasteiger charge is 2.23. The number of likely N-dealkylation sites (tertiary alicyclic amines) is 1. The van der Waals surface area contributed by atoms with E-state index in [-0.39, 0.29) is 0 Å². The molecule has 0 aliphatic carbocycles. The van der Waals surface area contributed by atoms with Gasteiger partial charge in [-0.05, 0) is 39.8 Å². The normalized spacial score (nSPS) is 26.9. The molecule has 3 nitrogen and oxygen atoms in total.